The first-order chi connectivity index (χ1) is 14.6. The maximum atomic E-state index is 12.1. The standard InChI is InChI=1S/C17H19N7O7/c18-13-8(14(28)24-17(19)23-13)5-11(25)21-7-1-2-9(20-6-7)15(29)22-10(16(30)31)3-4-12(26)27/h1-2,6,10H,3-5H2,(H,21,25)(H,22,29)(H,26,27)(H,30,31)(H5,18,19,23,24,28)/t10-/m0/s1. The van der Waals surface area contributed by atoms with Gasteiger partial charge in [-0.3, -0.25) is 24.2 Å². The highest BCUT2D eigenvalue weighted by Crippen LogP contribution is 2.10. The van der Waals surface area contributed by atoms with Crippen LogP contribution in [0.1, 0.15) is 28.9 Å². The van der Waals surface area contributed by atoms with Gasteiger partial charge in [0.05, 0.1) is 23.9 Å². The third-order valence-corrected chi connectivity index (χ3v) is 3.93. The van der Waals surface area contributed by atoms with Crippen molar-refractivity contribution < 1.29 is 29.4 Å². The predicted octanol–water partition coefficient (Wildman–Crippen LogP) is -1.44. The lowest BCUT2D eigenvalue weighted by Gasteiger charge is -2.13. The molecule has 9 N–H and O–H groups in total. The number of pyridine rings is 1. The summed E-state index contributed by atoms with van der Waals surface area (Å²) >= 11 is 0. The van der Waals surface area contributed by atoms with Crippen LogP contribution in [0.5, 0.6) is 0 Å². The Morgan fingerprint density at radius 2 is 1.87 bits per heavy atom. The van der Waals surface area contributed by atoms with Gasteiger partial charge in [-0.15, -0.1) is 0 Å². The van der Waals surface area contributed by atoms with Gasteiger partial charge >= 0.3 is 11.9 Å². The van der Waals surface area contributed by atoms with E-state index in [1.807, 2.05) is 0 Å². The number of H-pyrrole nitrogens is 1. The molecule has 2 rings (SSSR count). The molecule has 0 radical (unpaired) electrons. The molecule has 0 spiro atoms. The van der Waals surface area contributed by atoms with E-state index in [0.717, 1.165) is 6.20 Å². The summed E-state index contributed by atoms with van der Waals surface area (Å²) in [7, 11) is 0. The summed E-state index contributed by atoms with van der Waals surface area (Å²) in [5.74, 6) is -4.39. The monoisotopic (exact) mass is 433 g/mol. The van der Waals surface area contributed by atoms with Crippen molar-refractivity contribution in [2.24, 2.45) is 0 Å². The molecule has 2 heterocycles. The zero-order valence-corrected chi connectivity index (χ0v) is 15.9. The Hall–Kier alpha value is -4.49. The zero-order chi connectivity index (χ0) is 23.1. The number of amides is 2. The average Bonchev–Trinajstić information content (AvgIpc) is 2.68. The van der Waals surface area contributed by atoms with E-state index in [-0.39, 0.29) is 41.6 Å². The average molecular weight is 433 g/mol. The number of carbonyl (C=O) groups is 4. The van der Waals surface area contributed by atoms with Crippen LogP contribution in [-0.4, -0.2) is 55.0 Å². The van der Waals surface area contributed by atoms with Crippen LogP contribution in [-0.2, 0) is 20.8 Å². The number of hydrogen-bond donors (Lipinski definition) is 7. The van der Waals surface area contributed by atoms with Gasteiger partial charge in [0, 0.05) is 6.42 Å². The highest BCUT2D eigenvalue weighted by molar-refractivity contribution is 5.96. The highest BCUT2D eigenvalue weighted by Gasteiger charge is 2.22. The summed E-state index contributed by atoms with van der Waals surface area (Å²) in [4.78, 5) is 67.6. The second kappa shape index (κ2) is 9.82. The molecule has 2 amide bonds. The van der Waals surface area contributed by atoms with Crippen molar-refractivity contribution in [3.8, 4) is 0 Å². The summed E-state index contributed by atoms with van der Waals surface area (Å²) < 4.78 is 0. The second-order valence-corrected chi connectivity index (χ2v) is 6.27. The van der Waals surface area contributed by atoms with Crippen LogP contribution in [0.25, 0.3) is 0 Å². The molecule has 0 saturated heterocycles. The fraction of sp³-hybridized carbons (Fsp3) is 0.235. The number of nitrogens with zero attached hydrogens (tertiary/aromatic N) is 2. The highest BCUT2D eigenvalue weighted by atomic mass is 16.4. The largest absolute Gasteiger partial charge is 0.481 e. The zero-order valence-electron chi connectivity index (χ0n) is 15.9. The summed E-state index contributed by atoms with van der Waals surface area (Å²) in [6.07, 6.45) is 0.0224. The molecule has 0 fully saturated rings. The Kier molecular flexibility index (Phi) is 7.22. The molecule has 2 aromatic heterocycles. The fourth-order valence-corrected chi connectivity index (χ4v) is 2.43. The SMILES string of the molecule is Nc1nc(N)c(CC(=O)Nc2ccc(C(=O)N[C@@H](CCC(=O)O)C(=O)O)nc2)c(=O)[nH]1. The number of carboxylic acid groups (broad SMARTS) is 2. The fourth-order valence-electron chi connectivity index (χ4n) is 2.43. The lowest BCUT2D eigenvalue weighted by Crippen LogP contribution is -2.41. The maximum Gasteiger partial charge on any atom is 0.326 e. The Bertz CT molecular complexity index is 1070. The number of aliphatic carboxylic acids is 2. The first-order valence-corrected chi connectivity index (χ1v) is 8.72. The van der Waals surface area contributed by atoms with Crippen LogP contribution in [0, 0.1) is 0 Å². The first kappa shape index (κ1) is 22.8. The Balaban J connectivity index is 2.00. The van der Waals surface area contributed by atoms with Crippen LogP contribution in [0.3, 0.4) is 0 Å². The molecular weight excluding hydrogens is 414 g/mol. The van der Waals surface area contributed by atoms with Crippen molar-refractivity contribution in [2.45, 2.75) is 25.3 Å². The number of rotatable bonds is 9. The van der Waals surface area contributed by atoms with Crippen molar-refractivity contribution >= 4 is 41.2 Å². The van der Waals surface area contributed by atoms with E-state index in [1.54, 1.807) is 0 Å². The molecule has 0 aromatic carbocycles. The van der Waals surface area contributed by atoms with Crippen molar-refractivity contribution in [1.29, 1.82) is 0 Å². The van der Waals surface area contributed by atoms with Crippen LogP contribution in [0.4, 0.5) is 17.5 Å². The van der Waals surface area contributed by atoms with E-state index in [4.69, 9.17) is 21.7 Å². The Morgan fingerprint density at radius 3 is 2.42 bits per heavy atom. The minimum Gasteiger partial charge on any atom is -0.481 e. The second-order valence-electron chi connectivity index (χ2n) is 6.27. The van der Waals surface area contributed by atoms with E-state index in [9.17, 15) is 24.0 Å². The van der Waals surface area contributed by atoms with Crippen molar-refractivity contribution in [3.63, 3.8) is 0 Å². The van der Waals surface area contributed by atoms with Crippen molar-refractivity contribution in [3.05, 3.63) is 39.9 Å². The smallest absolute Gasteiger partial charge is 0.326 e. The molecule has 164 valence electrons. The molecule has 0 saturated carbocycles. The number of carboxylic acids is 2. The number of anilines is 3. The Morgan fingerprint density at radius 1 is 1.16 bits per heavy atom. The van der Waals surface area contributed by atoms with Crippen LogP contribution < -0.4 is 27.7 Å². The molecule has 31 heavy (non-hydrogen) atoms. The molecule has 0 unspecified atom stereocenters. The van der Waals surface area contributed by atoms with E-state index >= 15 is 0 Å². The minimum absolute atomic E-state index is 0.0725. The molecule has 0 aliphatic rings. The number of aromatic amines is 1. The lowest BCUT2D eigenvalue weighted by atomic mass is 10.1. The van der Waals surface area contributed by atoms with E-state index in [1.165, 1.54) is 12.1 Å². The topological polar surface area (TPSA) is 243 Å². The van der Waals surface area contributed by atoms with Gasteiger partial charge in [0.25, 0.3) is 11.5 Å². The molecular formula is C17H19N7O7. The number of carbonyl (C=O) groups excluding carboxylic acids is 2. The summed E-state index contributed by atoms with van der Waals surface area (Å²) in [6, 6.07) is 1.16. The van der Waals surface area contributed by atoms with Gasteiger partial charge < -0.3 is 32.3 Å². The number of aromatic nitrogens is 3. The third kappa shape index (κ3) is 6.52. The van der Waals surface area contributed by atoms with Gasteiger partial charge in [-0.1, -0.05) is 0 Å². The van der Waals surface area contributed by atoms with Gasteiger partial charge in [-0.05, 0) is 18.6 Å². The summed E-state index contributed by atoms with van der Waals surface area (Å²) in [5.41, 5.74) is 10.3. The third-order valence-electron chi connectivity index (χ3n) is 3.93. The van der Waals surface area contributed by atoms with Crippen molar-refractivity contribution in [1.82, 2.24) is 20.3 Å². The molecule has 1 atom stereocenters. The molecule has 0 aliphatic carbocycles. The minimum atomic E-state index is -1.40. The number of nitrogens with one attached hydrogen (secondary N) is 3. The van der Waals surface area contributed by atoms with Crippen LogP contribution in [0.15, 0.2) is 23.1 Å². The van der Waals surface area contributed by atoms with E-state index in [2.05, 4.69) is 25.6 Å². The van der Waals surface area contributed by atoms with Crippen molar-refractivity contribution in [2.75, 3.05) is 16.8 Å². The van der Waals surface area contributed by atoms with Gasteiger partial charge in [0.1, 0.15) is 17.6 Å². The Labute approximate surface area is 173 Å². The van der Waals surface area contributed by atoms with Gasteiger partial charge in [-0.2, -0.15) is 4.98 Å². The van der Waals surface area contributed by atoms with Gasteiger partial charge in [0.2, 0.25) is 11.9 Å². The predicted molar refractivity (Wildman–Crippen MR) is 106 cm³/mol. The van der Waals surface area contributed by atoms with Crippen LogP contribution >= 0.6 is 0 Å². The number of hydrogen-bond acceptors (Lipinski definition) is 9. The molecule has 14 heteroatoms. The van der Waals surface area contributed by atoms with E-state index < -0.39 is 41.8 Å². The maximum absolute atomic E-state index is 12.1. The summed E-state index contributed by atoms with van der Waals surface area (Å²) in [5, 5.41) is 22.4. The molecule has 0 aliphatic heterocycles. The van der Waals surface area contributed by atoms with E-state index in [0.29, 0.717) is 0 Å². The number of nitrogen functional groups attached to an aromatic ring is 2. The lowest BCUT2D eigenvalue weighted by molar-refractivity contribution is -0.140. The quantitative estimate of drug-likeness (QED) is 0.241. The van der Waals surface area contributed by atoms with Gasteiger partial charge in [-0.25, -0.2) is 9.78 Å². The summed E-state index contributed by atoms with van der Waals surface area (Å²) in [6.45, 7) is 0. The molecule has 2 aromatic rings. The first-order valence-electron chi connectivity index (χ1n) is 8.72. The van der Waals surface area contributed by atoms with Gasteiger partial charge in [0.15, 0.2) is 0 Å². The molecule has 14 nitrogen and oxygen atoms in total. The normalized spacial score (nSPS) is 11.4. The number of nitrogens with two attached hydrogens (primary N) is 2. The van der Waals surface area contributed by atoms with Crippen LogP contribution in [0.2, 0.25) is 0 Å². The molecule has 0 bridgehead atoms.